The normalized spacial score (nSPS) is 10.8. The van der Waals surface area contributed by atoms with E-state index in [9.17, 15) is 18.7 Å². The Bertz CT molecular complexity index is 656. The molecule has 1 aromatic carbocycles. The number of halogens is 2. The van der Waals surface area contributed by atoms with Crippen LogP contribution in [0.4, 0.5) is 20.4 Å². The number of nitrogens with zero attached hydrogens (tertiary/aromatic N) is 3. The second kappa shape index (κ2) is 5.11. The molecule has 0 atom stereocenters. The van der Waals surface area contributed by atoms with Gasteiger partial charge in [0.05, 0.1) is 5.56 Å². The molecule has 0 fully saturated rings. The molecule has 1 heterocycles. The molecule has 0 spiro atoms. The molecule has 4 N–H and O–H groups in total. The maximum Gasteiger partial charge on any atom is 0.299 e. The maximum atomic E-state index is 12.4. The summed E-state index contributed by atoms with van der Waals surface area (Å²) >= 11 is 0. The predicted octanol–water partition coefficient (Wildman–Crippen LogP) is 1.29. The number of rotatable bonds is 3. The second-order valence-electron chi connectivity index (χ2n) is 3.94. The van der Waals surface area contributed by atoms with E-state index in [-0.39, 0.29) is 22.9 Å². The summed E-state index contributed by atoms with van der Waals surface area (Å²) in [6.07, 6.45) is -2.84. The fourth-order valence-electron chi connectivity index (χ4n) is 1.52. The quantitative estimate of drug-likeness (QED) is 0.581. The lowest BCUT2D eigenvalue weighted by Crippen LogP contribution is -2.16. The minimum Gasteiger partial charge on any atom is -0.508 e. The van der Waals surface area contributed by atoms with Crippen LogP contribution in [-0.4, -0.2) is 25.8 Å². The summed E-state index contributed by atoms with van der Waals surface area (Å²) in [5.74, 6) is -1.66. The third-order valence-electron chi connectivity index (χ3n) is 2.48. The van der Waals surface area contributed by atoms with Crippen LogP contribution in [0.15, 0.2) is 18.2 Å². The number of aromatic hydroxyl groups is 1. The average Bonchev–Trinajstić information content (AvgIpc) is 2.74. The van der Waals surface area contributed by atoms with Gasteiger partial charge in [0, 0.05) is 12.7 Å². The summed E-state index contributed by atoms with van der Waals surface area (Å²) in [7, 11) is 1.36. The van der Waals surface area contributed by atoms with Crippen LogP contribution >= 0.6 is 0 Å². The number of anilines is 2. The van der Waals surface area contributed by atoms with Gasteiger partial charge in [-0.15, -0.1) is 5.10 Å². The number of carbonyl (C=O) groups excluding carboxylic acids is 1. The third kappa shape index (κ3) is 2.66. The van der Waals surface area contributed by atoms with Gasteiger partial charge in [0.25, 0.3) is 12.3 Å². The number of benzene rings is 1. The zero-order valence-electron chi connectivity index (χ0n) is 10.3. The smallest absolute Gasteiger partial charge is 0.299 e. The summed E-state index contributed by atoms with van der Waals surface area (Å²) in [5.41, 5.74) is 5.74. The molecule has 106 valence electrons. The number of alkyl halides is 2. The van der Waals surface area contributed by atoms with Crippen LogP contribution in [0.3, 0.4) is 0 Å². The Labute approximate surface area is 112 Å². The van der Waals surface area contributed by atoms with Crippen LogP contribution in [0, 0.1) is 0 Å². The van der Waals surface area contributed by atoms with E-state index < -0.39 is 18.2 Å². The number of hydrogen-bond donors (Lipinski definition) is 3. The van der Waals surface area contributed by atoms with Gasteiger partial charge in [0.1, 0.15) is 5.75 Å². The molecule has 0 saturated heterocycles. The molecule has 9 heteroatoms. The highest BCUT2D eigenvalue weighted by atomic mass is 19.3. The number of nitrogens with two attached hydrogens (primary N) is 1. The van der Waals surface area contributed by atoms with E-state index >= 15 is 0 Å². The van der Waals surface area contributed by atoms with Gasteiger partial charge in [-0.25, -0.2) is 13.5 Å². The number of aryl methyl sites for hydroxylation is 1. The molecule has 0 bridgehead atoms. The van der Waals surface area contributed by atoms with Crippen molar-refractivity contribution in [2.45, 2.75) is 6.43 Å². The van der Waals surface area contributed by atoms with Crippen molar-refractivity contribution in [1.82, 2.24) is 14.8 Å². The molecular formula is C11H11F2N5O2. The first-order chi connectivity index (χ1) is 9.38. The number of hydrogen-bond acceptors (Lipinski definition) is 5. The van der Waals surface area contributed by atoms with Crippen LogP contribution in [0.2, 0.25) is 0 Å². The summed E-state index contributed by atoms with van der Waals surface area (Å²) in [5, 5.41) is 15.1. The molecule has 2 aromatic rings. The Balaban J connectivity index is 2.25. The highest BCUT2D eigenvalue weighted by Gasteiger charge is 2.19. The van der Waals surface area contributed by atoms with E-state index in [1.165, 1.54) is 19.2 Å². The van der Waals surface area contributed by atoms with Crippen molar-refractivity contribution in [2.24, 2.45) is 7.05 Å². The van der Waals surface area contributed by atoms with E-state index in [1.807, 2.05) is 0 Å². The molecule has 0 unspecified atom stereocenters. The minimum atomic E-state index is -2.84. The van der Waals surface area contributed by atoms with E-state index in [1.54, 1.807) is 0 Å². The first kappa shape index (κ1) is 13.7. The van der Waals surface area contributed by atoms with Crippen LogP contribution < -0.4 is 11.1 Å². The van der Waals surface area contributed by atoms with E-state index in [0.717, 1.165) is 10.7 Å². The summed E-state index contributed by atoms with van der Waals surface area (Å²) in [6.45, 7) is 0. The summed E-state index contributed by atoms with van der Waals surface area (Å²) in [4.78, 5) is 15.4. The van der Waals surface area contributed by atoms with Gasteiger partial charge in [-0.3, -0.25) is 10.1 Å². The molecule has 1 aromatic heterocycles. The van der Waals surface area contributed by atoms with Crippen molar-refractivity contribution in [1.29, 1.82) is 0 Å². The topological polar surface area (TPSA) is 106 Å². The minimum absolute atomic E-state index is 0.00611. The monoisotopic (exact) mass is 283 g/mol. The molecule has 0 aliphatic carbocycles. The van der Waals surface area contributed by atoms with Crippen molar-refractivity contribution in [3.05, 3.63) is 29.6 Å². The van der Waals surface area contributed by atoms with E-state index in [0.29, 0.717) is 0 Å². The number of amides is 1. The molecular weight excluding hydrogens is 272 g/mol. The lowest BCUT2D eigenvalue weighted by atomic mass is 10.1. The van der Waals surface area contributed by atoms with Crippen molar-refractivity contribution in [3.8, 4) is 5.75 Å². The van der Waals surface area contributed by atoms with Gasteiger partial charge in [0.15, 0.2) is 0 Å². The molecule has 0 aliphatic heterocycles. The Kier molecular flexibility index (Phi) is 3.51. The van der Waals surface area contributed by atoms with Crippen LogP contribution in [0.1, 0.15) is 22.6 Å². The van der Waals surface area contributed by atoms with Gasteiger partial charge in [-0.2, -0.15) is 4.98 Å². The number of phenols is 1. The molecule has 1 amide bonds. The Morgan fingerprint density at radius 2 is 2.20 bits per heavy atom. The zero-order valence-corrected chi connectivity index (χ0v) is 10.3. The third-order valence-corrected chi connectivity index (χ3v) is 2.48. The van der Waals surface area contributed by atoms with Crippen LogP contribution in [0.25, 0.3) is 0 Å². The largest absolute Gasteiger partial charge is 0.508 e. The summed E-state index contributed by atoms with van der Waals surface area (Å²) in [6, 6.07) is 3.84. The first-order valence-electron chi connectivity index (χ1n) is 5.47. The standard InChI is InChI=1S/C11H11F2N5O2/c1-18-11(15-9(17-18)8(12)13)16-10(20)6-4-5(19)2-3-7(6)14/h2-4,8,19H,14H2,1H3,(H,15,16,17,20). The summed E-state index contributed by atoms with van der Waals surface area (Å²) < 4.78 is 25.9. The van der Waals surface area contributed by atoms with Gasteiger partial charge in [0.2, 0.25) is 11.8 Å². The number of nitrogens with one attached hydrogen (secondary N) is 1. The molecule has 0 radical (unpaired) electrons. The maximum absolute atomic E-state index is 12.4. The highest BCUT2D eigenvalue weighted by Crippen LogP contribution is 2.20. The van der Waals surface area contributed by atoms with Gasteiger partial charge in [-0.1, -0.05) is 0 Å². The first-order valence-corrected chi connectivity index (χ1v) is 5.47. The lowest BCUT2D eigenvalue weighted by molar-refractivity contribution is 0.102. The predicted molar refractivity (Wildman–Crippen MR) is 66.4 cm³/mol. The second-order valence-corrected chi connectivity index (χ2v) is 3.94. The molecule has 7 nitrogen and oxygen atoms in total. The number of phenolic OH excluding ortho intramolecular Hbond substituents is 1. The van der Waals surface area contributed by atoms with Crippen LogP contribution in [-0.2, 0) is 7.05 Å². The molecule has 20 heavy (non-hydrogen) atoms. The van der Waals surface area contributed by atoms with Gasteiger partial charge >= 0.3 is 0 Å². The van der Waals surface area contributed by atoms with Crippen molar-refractivity contribution < 1.29 is 18.7 Å². The SMILES string of the molecule is Cn1nc(C(F)F)nc1NC(=O)c1cc(O)ccc1N. The fraction of sp³-hybridized carbons (Fsp3) is 0.182. The number of carbonyl (C=O) groups is 1. The fourth-order valence-corrected chi connectivity index (χ4v) is 1.52. The zero-order chi connectivity index (χ0) is 14.9. The van der Waals surface area contributed by atoms with E-state index in [2.05, 4.69) is 15.4 Å². The van der Waals surface area contributed by atoms with Crippen molar-refractivity contribution >= 4 is 17.5 Å². The van der Waals surface area contributed by atoms with Gasteiger partial charge < -0.3 is 10.8 Å². The van der Waals surface area contributed by atoms with E-state index in [4.69, 9.17) is 5.73 Å². The van der Waals surface area contributed by atoms with Crippen molar-refractivity contribution in [2.75, 3.05) is 11.1 Å². The Hall–Kier alpha value is -2.71. The molecule has 2 rings (SSSR count). The van der Waals surface area contributed by atoms with Crippen molar-refractivity contribution in [3.63, 3.8) is 0 Å². The lowest BCUT2D eigenvalue weighted by Gasteiger charge is -2.06. The molecule has 0 aliphatic rings. The Morgan fingerprint density at radius 1 is 1.50 bits per heavy atom. The number of aromatic nitrogens is 3. The Morgan fingerprint density at radius 3 is 2.80 bits per heavy atom. The molecule has 0 saturated carbocycles. The highest BCUT2D eigenvalue weighted by molar-refractivity contribution is 6.07. The van der Waals surface area contributed by atoms with Crippen LogP contribution in [0.5, 0.6) is 5.75 Å². The van der Waals surface area contributed by atoms with Gasteiger partial charge in [-0.05, 0) is 18.2 Å². The number of nitrogen functional groups attached to an aromatic ring is 1. The average molecular weight is 283 g/mol.